The zero-order valence-corrected chi connectivity index (χ0v) is 11.5. The summed E-state index contributed by atoms with van der Waals surface area (Å²) >= 11 is 0. The highest BCUT2D eigenvalue weighted by atomic mass is 16.5. The lowest BCUT2D eigenvalue weighted by molar-refractivity contribution is -0.159. The van der Waals surface area contributed by atoms with Gasteiger partial charge in [-0.25, -0.2) is 4.79 Å². The lowest BCUT2D eigenvalue weighted by atomic mass is 9.84. The molecule has 20 heavy (non-hydrogen) atoms. The molecule has 5 heteroatoms. The SMILES string of the molecule is CCCCOC(=O)C1Cc2ccccc2C1(N)C(=O)O. The van der Waals surface area contributed by atoms with Gasteiger partial charge in [0, 0.05) is 0 Å². The minimum atomic E-state index is -1.69. The van der Waals surface area contributed by atoms with Crippen LogP contribution in [0.15, 0.2) is 24.3 Å². The molecule has 0 saturated heterocycles. The van der Waals surface area contributed by atoms with E-state index < -0.39 is 23.4 Å². The molecule has 0 heterocycles. The molecule has 0 fully saturated rings. The molecule has 0 saturated carbocycles. The number of rotatable bonds is 5. The highest BCUT2D eigenvalue weighted by molar-refractivity contribution is 5.91. The van der Waals surface area contributed by atoms with Gasteiger partial charge >= 0.3 is 11.9 Å². The van der Waals surface area contributed by atoms with Crippen molar-refractivity contribution in [1.29, 1.82) is 0 Å². The van der Waals surface area contributed by atoms with Gasteiger partial charge < -0.3 is 15.6 Å². The van der Waals surface area contributed by atoms with Crippen LogP contribution in [0.25, 0.3) is 0 Å². The summed E-state index contributed by atoms with van der Waals surface area (Å²) in [6.45, 7) is 2.29. The molecule has 0 amide bonds. The monoisotopic (exact) mass is 277 g/mol. The van der Waals surface area contributed by atoms with Crippen molar-refractivity contribution in [3.8, 4) is 0 Å². The van der Waals surface area contributed by atoms with Crippen LogP contribution in [0.5, 0.6) is 0 Å². The number of ether oxygens (including phenoxy) is 1. The maximum absolute atomic E-state index is 12.1. The lowest BCUT2D eigenvalue weighted by Crippen LogP contribution is -2.51. The number of nitrogens with two attached hydrogens (primary N) is 1. The molecular formula is C15H19NO4. The Morgan fingerprint density at radius 2 is 2.15 bits per heavy atom. The number of unbranched alkanes of at least 4 members (excludes halogenated alkanes) is 1. The first-order valence-corrected chi connectivity index (χ1v) is 6.79. The van der Waals surface area contributed by atoms with Crippen molar-refractivity contribution >= 4 is 11.9 Å². The van der Waals surface area contributed by atoms with Crippen molar-refractivity contribution in [3.63, 3.8) is 0 Å². The first kappa shape index (κ1) is 14.5. The van der Waals surface area contributed by atoms with E-state index in [9.17, 15) is 14.7 Å². The van der Waals surface area contributed by atoms with Gasteiger partial charge in [0.1, 0.15) is 0 Å². The second-order valence-corrected chi connectivity index (χ2v) is 5.11. The van der Waals surface area contributed by atoms with Gasteiger partial charge in [0.25, 0.3) is 0 Å². The number of aliphatic carboxylic acids is 1. The largest absolute Gasteiger partial charge is 0.480 e. The van der Waals surface area contributed by atoms with Crippen LogP contribution >= 0.6 is 0 Å². The van der Waals surface area contributed by atoms with E-state index in [0.717, 1.165) is 18.4 Å². The minimum Gasteiger partial charge on any atom is -0.480 e. The van der Waals surface area contributed by atoms with Crippen LogP contribution in [0.2, 0.25) is 0 Å². The Morgan fingerprint density at radius 3 is 2.80 bits per heavy atom. The Morgan fingerprint density at radius 1 is 1.45 bits per heavy atom. The van der Waals surface area contributed by atoms with Gasteiger partial charge in [-0.15, -0.1) is 0 Å². The van der Waals surface area contributed by atoms with Crippen LogP contribution in [0.4, 0.5) is 0 Å². The van der Waals surface area contributed by atoms with Crippen molar-refractivity contribution in [3.05, 3.63) is 35.4 Å². The minimum absolute atomic E-state index is 0.303. The normalized spacial score (nSPS) is 24.2. The predicted molar refractivity (Wildman–Crippen MR) is 73.0 cm³/mol. The molecule has 0 aromatic heterocycles. The maximum Gasteiger partial charge on any atom is 0.329 e. The fourth-order valence-electron chi connectivity index (χ4n) is 2.62. The van der Waals surface area contributed by atoms with E-state index in [2.05, 4.69) is 0 Å². The molecule has 108 valence electrons. The fraction of sp³-hybridized carbons (Fsp3) is 0.467. The standard InChI is InChI=1S/C15H19NO4/c1-2-3-8-20-13(17)12-9-10-6-4-5-7-11(10)15(12,16)14(18)19/h4-7,12H,2-3,8-9,16H2,1H3,(H,18,19). The summed E-state index contributed by atoms with van der Waals surface area (Å²) in [4.78, 5) is 23.7. The summed E-state index contributed by atoms with van der Waals surface area (Å²) in [6.07, 6.45) is 1.98. The average Bonchev–Trinajstić information content (AvgIpc) is 2.74. The van der Waals surface area contributed by atoms with E-state index in [1.165, 1.54) is 0 Å². The Labute approximate surface area is 117 Å². The zero-order valence-electron chi connectivity index (χ0n) is 11.5. The number of esters is 1. The van der Waals surface area contributed by atoms with Crippen molar-refractivity contribution < 1.29 is 19.4 Å². The molecule has 0 radical (unpaired) electrons. The maximum atomic E-state index is 12.1. The number of carboxylic acids is 1. The first-order chi connectivity index (χ1) is 9.51. The number of carboxylic acid groups (broad SMARTS) is 1. The molecular weight excluding hydrogens is 258 g/mol. The second kappa shape index (κ2) is 5.63. The molecule has 3 N–H and O–H groups in total. The van der Waals surface area contributed by atoms with Gasteiger partial charge in [-0.05, 0) is 24.0 Å². The van der Waals surface area contributed by atoms with E-state index in [0.29, 0.717) is 18.6 Å². The number of carbonyl (C=O) groups is 2. The van der Waals surface area contributed by atoms with Crippen LogP contribution in [-0.2, 0) is 26.3 Å². The Kier molecular flexibility index (Phi) is 4.09. The topological polar surface area (TPSA) is 89.6 Å². The number of carbonyl (C=O) groups excluding carboxylic acids is 1. The molecule has 2 unspecified atom stereocenters. The molecule has 1 aromatic rings. The molecule has 1 aromatic carbocycles. The highest BCUT2D eigenvalue weighted by Crippen LogP contribution is 2.40. The van der Waals surface area contributed by atoms with Crippen molar-refractivity contribution in [2.24, 2.45) is 11.7 Å². The van der Waals surface area contributed by atoms with E-state index in [1.807, 2.05) is 13.0 Å². The molecule has 0 spiro atoms. The molecule has 1 aliphatic carbocycles. The third kappa shape index (κ3) is 2.29. The summed E-state index contributed by atoms with van der Waals surface area (Å²) in [6, 6.07) is 7.02. The molecule has 5 nitrogen and oxygen atoms in total. The van der Waals surface area contributed by atoms with Gasteiger partial charge in [0.15, 0.2) is 5.54 Å². The predicted octanol–water partition coefficient (Wildman–Crippen LogP) is 1.44. The van der Waals surface area contributed by atoms with E-state index in [1.54, 1.807) is 18.2 Å². The summed E-state index contributed by atoms with van der Waals surface area (Å²) in [5.74, 6) is -2.59. The molecule has 2 atom stereocenters. The third-order valence-corrected chi connectivity index (χ3v) is 3.82. The van der Waals surface area contributed by atoms with Crippen LogP contribution in [0.3, 0.4) is 0 Å². The Balaban J connectivity index is 2.27. The van der Waals surface area contributed by atoms with Crippen LogP contribution < -0.4 is 5.73 Å². The molecule has 0 bridgehead atoms. The summed E-state index contributed by atoms with van der Waals surface area (Å²) in [5, 5.41) is 9.48. The first-order valence-electron chi connectivity index (χ1n) is 6.79. The van der Waals surface area contributed by atoms with Gasteiger partial charge in [0.2, 0.25) is 0 Å². The summed E-state index contributed by atoms with van der Waals surface area (Å²) < 4.78 is 5.16. The smallest absolute Gasteiger partial charge is 0.329 e. The number of fused-ring (bicyclic) bond motifs is 1. The van der Waals surface area contributed by atoms with Gasteiger partial charge in [-0.1, -0.05) is 37.6 Å². The van der Waals surface area contributed by atoms with E-state index >= 15 is 0 Å². The van der Waals surface area contributed by atoms with Gasteiger partial charge in [-0.3, -0.25) is 4.79 Å². The second-order valence-electron chi connectivity index (χ2n) is 5.11. The van der Waals surface area contributed by atoms with E-state index in [4.69, 9.17) is 10.5 Å². The molecule has 1 aliphatic rings. The summed E-state index contributed by atoms with van der Waals surface area (Å²) in [5.41, 5.74) is 5.67. The summed E-state index contributed by atoms with van der Waals surface area (Å²) in [7, 11) is 0. The molecule has 0 aliphatic heterocycles. The Bertz CT molecular complexity index is 528. The number of hydrogen-bond acceptors (Lipinski definition) is 4. The van der Waals surface area contributed by atoms with Crippen LogP contribution in [0.1, 0.15) is 30.9 Å². The highest BCUT2D eigenvalue weighted by Gasteiger charge is 2.53. The van der Waals surface area contributed by atoms with Crippen molar-refractivity contribution in [2.45, 2.75) is 31.7 Å². The van der Waals surface area contributed by atoms with Gasteiger partial charge in [0.05, 0.1) is 12.5 Å². The van der Waals surface area contributed by atoms with Gasteiger partial charge in [-0.2, -0.15) is 0 Å². The Hall–Kier alpha value is -1.88. The van der Waals surface area contributed by atoms with Crippen molar-refractivity contribution in [1.82, 2.24) is 0 Å². The van der Waals surface area contributed by atoms with Crippen LogP contribution in [-0.4, -0.2) is 23.7 Å². The third-order valence-electron chi connectivity index (χ3n) is 3.82. The number of benzene rings is 1. The quantitative estimate of drug-likeness (QED) is 0.628. The van der Waals surface area contributed by atoms with Crippen molar-refractivity contribution in [2.75, 3.05) is 6.61 Å². The fourth-order valence-corrected chi connectivity index (χ4v) is 2.62. The average molecular weight is 277 g/mol. The zero-order chi connectivity index (χ0) is 14.8. The number of hydrogen-bond donors (Lipinski definition) is 2. The van der Waals surface area contributed by atoms with E-state index in [-0.39, 0.29) is 0 Å². The van der Waals surface area contributed by atoms with Crippen LogP contribution in [0, 0.1) is 5.92 Å². The lowest BCUT2D eigenvalue weighted by Gasteiger charge is -2.26. The molecule has 2 rings (SSSR count).